The van der Waals surface area contributed by atoms with Gasteiger partial charge in [0.1, 0.15) is 0 Å². The lowest BCUT2D eigenvalue weighted by Gasteiger charge is -2.12. The summed E-state index contributed by atoms with van der Waals surface area (Å²) < 4.78 is 43.0. The molecule has 0 bridgehead atoms. The molecule has 104 valence electrons. The number of carbonyl (C=O) groups is 1. The number of hydrogen-bond acceptors (Lipinski definition) is 2. The molecule has 0 aliphatic carbocycles. The van der Waals surface area contributed by atoms with Crippen LogP contribution in [0.5, 0.6) is 0 Å². The van der Waals surface area contributed by atoms with Crippen LogP contribution in [-0.2, 0) is 10.9 Å². The number of benzene rings is 2. The van der Waals surface area contributed by atoms with Crippen molar-refractivity contribution in [2.24, 2.45) is 0 Å². The molecule has 0 fully saturated rings. The SMILES string of the molecule is COC(=O)c1ccc(C(F)(F)F)cc1-c1ccccc1. The number of esters is 1. The second-order valence-electron chi connectivity index (χ2n) is 4.12. The minimum Gasteiger partial charge on any atom is -0.465 e. The molecule has 0 saturated carbocycles. The van der Waals surface area contributed by atoms with Crippen molar-refractivity contribution in [2.45, 2.75) is 6.18 Å². The zero-order chi connectivity index (χ0) is 14.8. The van der Waals surface area contributed by atoms with Crippen LogP contribution in [0.2, 0.25) is 0 Å². The van der Waals surface area contributed by atoms with Gasteiger partial charge in [0.15, 0.2) is 0 Å². The average Bonchev–Trinajstić information content (AvgIpc) is 2.46. The lowest BCUT2D eigenvalue weighted by Crippen LogP contribution is -2.09. The molecule has 2 rings (SSSR count). The molecule has 2 aromatic rings. The van der Waals surface area contributed by atoms with Gasteiger partial charge in [-0.1, -0.05) is 30.3 Å². The van der Waals surface area contributed by atoms with Crippen LogP contribution in [-0.4, -0.2) is 13.1 Å². The van der Waals surface area contributed by atoms with Gasteiger partial charge in [0.2, 0.25) is 0 Å². The van der Waals surface area contributed by atoms with Crippen LogP contribution in [0.15, 0.2) is 48.5 Å². The quantitative estimate of drug-likeness (QED) is 0.772. The van der Waals surface area contributed by atoms with Crippen LogP contribution in [0.3, 0.4) is 0 Å². The third-order valence-electron chi connectivity index (χ3n) is 2.84. The maximum Gasteiger partial charge on any atom is 0.416 e. The third kappa shape index (κ3) is 2.82. The molecular formula is C15H11F3O2. The van der Waals surface area contributed by atoms with E-state index in [1.165, 1.54) is 7.11 Å². The lowest BCUT2D eigenvalue weighted by molar-refractivity contribution is -0.137. The number of carbonyl (C=O) groups excluding carboxylic acids is 1. The molecule has 0 heterocycles. The van der Waals surface area contributed by atoms with Gasteiger partial charge in [-0.25, -0.2) is 4.79 Å². The molecule has 0 saturated heterocycles. The van der Waals surface area contributed by atoms with Crippen molar-refractivity contribution >= 4 is 5.97 Å². The molecule has 20 heavy (non-hydrogen) atoms. The van der Waals surface area contributed by atoms with Crippen molar-refractivity contribution in [3.63, 3.8) is 0 Å². The van der Waals surface area contributed by atoms with E-state index in [0.29, 0.717) is 5.56 Å². The fourth-order valence-corrected chi connectivity index (χ4v) is 1.87. The van der Waals surface area contributed by atoms with Crippen LogP contribution < -0.4 is 0 Å². The van der Waals surface area contributed by atoms with Gasteiger partial charge >= 0.3 is 12.1 Å². The number of methoxy groups -OCH3 is 1. The minimum atomic E-state index is -4.46. The Morgan fingerprint density at radius 3 is 2.25 bits per heavy atom. The topological polar surface area (TPSA) is 26.3 Å². The Labute approximate surface area is 113 Å². The van der Waals surface area contributed by atoms with Gasteiger partial charge in [-0.2, -0.15) is 13.2 Å². The minimum absolute atomic E-state index is 0.103. The normalized spacial score (nSPS) is 11.2. The van der Waals surface area contributed by atoms with Crippen LogP contribution in [0.4, 0.5) is 13.2 Å². The highest BCUT2D eigenvalue weighted by Crippen LogP contribution is 2.34. The summed E-state index contributed by atoms with van der Waals surface area (Å²) in [5.41, 5.74) is 0.0296. The molecule has 0 amide bonds. The molecule has 0 aliphatic rings. The first-order valence-corrected chi connectivity index (χ1v) is 5.78. The molecule has 0 radical (unpaired) electrons. The molecule has 2 nitrogen and oxygen atoms in total. The maximum atomic E-state index is 12.8. The Balaban J connectivity index is 2.64. The van der Waals surface area contributed by atoms with E-state index in [1.807, 2.05) is 0 Å². The smallest absolute Gasteiger partial charge is 0.416 e. The van der Waals surface area contributed by atoms with Gasteiger partial charge in [-0.05, 0) is 29.3 Å². The standard InChI is InChI=1S/C15H11F3O2/c1-20-14(19)12-8-7-11(15(16,17)18)9-13(12)10-5-3-2-4-6-10/h2-9H,1H3. The van der Waals surface area contributed by atoms with Gasteiger partial charge in [0.05, 0.1) is 18.2 Å². The van der Waals surface area contributed by atoms with E-state index >= 15 is 0 Å². The summed E-state index contributed by atoms with van der Waals surface area (Å²) in [7, 11) is 1.19. The van der Waals surface area contributed by atoms with Crippen molar-refractivity contribution in [2.75, 3.05) is 7.11 Å². The highest BCUT2D eigenvalue weighted by atomic mass is 19.4. The van der Waals surface area contributed by atoms with Crippen molar-refractivity contribution in [3.05, 3.63) is 59.7 Å². The Morgan fingerprint density at radius 2 is 1.70 bits per heavy atom. The number of halogens is 3. The molecule has 5 heteroatoms. The van der Waals surface area contributed by atoms with Crippen LogP contribution >= 0.6 is 0 Å². The number of alkyl halides is 3. The van der Waals surface area contributed by atoms with Crippen molar-refractivity contribution < 1.29 is 22.7 Å². The highest BCUT2D eigenvalue weighted by molar-refractivity contribution is 5.97. The molecule has 0 atom stereocenters. The van der Waals surface area contributed by atoms with Gasteiger partial charge in [-0.15, -0.1) is 0 Å². The van der Waals surface area contributed by atoms with E-state index in [4.69, 9.17) is 0 Å². The second-order valence-corrected chi connectivity index (χ2v) is 4.12. The zero-order valence-corrected chi connectivity index (χ0v) is 10.6. The van der Waals surface area contributed by atoms with Gasteiger partial charge < -0.3 is 4.74 Å². The van der Waals surface area contributed by atoms with E-state index in [-0.39, 0.29) is 11.1 Å². The molecule has 0 aliphatic heterocycles. The van der Waals surface area contributed by atoms with Crippen LogP contribution in [0.25, 0.3) is 11.1 Å². The molecular weight excluding hydrogens is 269 g/mol. The lowest BCUT2D eigenvalue weighted by atomic mass is 9.97. The molecule has 0 unspecified atom stereocenters. The van der Waals surface area contributed by atoms with Crippen molar-refractivity contribution in [1.29, 1.82) is 0 Å². The third-order valence-corrected chi connectivity index (χ3v) is 2.84. The van der Waals surface area contributed by atoms with E-state index in [1.54, 1.807) is 30.3 Å². The van der Waals surface area contributed by atoms with Crippen LogP contribution in [0.1, 0.15) is 15.9 Å². The predicted octanol–water partition coefficient (Wildman–Crippen LogP) is 4.16. The summed E-state index contributed by atoms with van der Waals surface area (Å²) in [6.45, 7) is 0. The van der Waals surface area contributed by atoms with E-state index in [2.05, 4.69) is 4.74 Å². The van der Waals surface area contributed by atoms with Gasteiger partial charge in [-0.3, -0.25) is 0 Å². The first-order chi connectivity index (χ1) is 9.43. The Morgan fingerprint density at radius 1 is 1.05 bits per heavy atom. The number of hydrogen-bond donors (Lipinski definition) is 0. The number of rotatable bonds is 2. The van der Waals surface area contributed by atoms with Gasteiger partial charge in [0, 0.05) is 0 Å². The summed E-state index contributed by atoms with van der Waals surface area (Å²) in [5, 5.41) is 0. The Kier molecular flexibility index (Phi) is 3.79. The van der Waals surface area contributed by atoms with Gasteiger partial charge in [0.25, 0.3) is 0 Å². The fourth-order valence-electron chi connectivity index (χ4n) is 1.87. The maximum absolute atomic E-state index is 12.8. The average molecular weight is 280 g/mol. The van der Waals surface area contributed by atoms with Crippen LogP contribution in [0, 0.1) is 0 Å². The van der Waals surface area contributed by atoms with E-state index in [9.17, 15) is 18.0 Å². The summed E-state index contributed by atoms with van der Waals surface area (Å²) in [5.74, 6) is -0.669. The van der Waals surface area contributed by atoms with Crippen molar-refractivity contribution in [3.8, 4) is 11.1 Å². The Hall–Kier alpha value is -2.30. The van der Waals surface area contributed by atoms with E-state index < -0.39 is 17.7 Å². The number of ether oxygens (including phenoxy) is 1. The largest absolute Gasteiger partial charge is 0.465 e. The first-order valence-electron chi connectivity index (χ1n) is 5.78. The predicted molar refractivity (Wildman–Crippen MR) is 68.2 cm³/mol. The molecule has 2 aromatic carbocycles. The molecule has 0 aromatic heterocycles. The summed E-state index contributed by atoms with van der Waals surface area (Å²) in [4.78, 5) is 11.7. The zero-order valence-electron chi connectivity index (χ0n) is 10.6. The molecule has 0 N–H and O–H groups in total. The van der Waals surface area contributed by atoms with E-state index in [0.717, 1.165) is 18.2 Å². The summed E-state index contributed by atoms with van der Waals surface area (Å²) >= 11 is 0. The fraction of sp³-hybridized carbons (Fsp3) is 0.133. The monoisotopic (exact) mass is 280 g/mol. The molecule has 0 spiro atoms. The van der Waals surface area contributed by atoms with Crippen molar-refractivity contribution in [1.82, 2.24) is 0 Å². The summed E-state index contributed by atoms with van der Waals surface area (Å²) in [6, 6.07) is 11.4. The summed E-state index contributed by atoms with van der Waals surface area (Å²) in [6.07, 6.45) is -4.46. The Bertz CT molecular complexity index is 619. The first kappa shape index (κ1) is 14.1. The highest BCUT2D eigenvalue weighted by Gasteiger charge is 2.31. The second kappa shape index (κ2) is 5.36.